The summed E-state index contributed by atoms with van der Waals surface area (Å²) in [5.41, 5.74) is 0.321. The van der Waals surface area contributed by atoms with Crippen molar-refractivity contribution in [2.75, 3.05) is 38.3 Å². The minimum Gasteiger partial charge on any atom is -0.465 e. The van der Waals surface area contributed by atoms with E-state index in [1.807, 2.05) is 4.90 Å². The van der Waals surface area contributed by atoms with Crippen LogP contribution in [0.15, 0.2) is 30.5 Å². The molecular formula is C17H16ClN3O5. The number of ether oxygens (including phenoxy) is 3. The van der Waals surface area contributed by atoms with Crippen LogP contribution in [-0.4, -0.2) is 55.3 Å². The molecule has 1 fully saturated rings. The van der Waals surface area contributed by atoms with Crippen molar-refractivity contribution in [1.29, 1.82) is 0 Å². The minimum absolute atomic E-state index is 0.0276. The van der Waals surface area contributed by atoms with Crippen molar-refractivity contribution in [2.24, 2.45) is 0 Å². The number of rotatable bonds is 4. The second kappa shape index (κ2) is 8.11. The summed E-state index contributed by atoms with van der Waals surface area (Å²) in [4.78, 5) is 34.1. The molecule has 1 aromatic heterocycles. The van der Waals surface area contributed by atoms with Gasteiger partial charge in [-0.2, -0.15) is 0 Å². The highest BCUT2D eigenvalue weighted by Gasteiger charge is 2.20. The maximum Gasteiger partial charge on any atom is 0.364 e. The Morgan fingerprint density at radius 2 is 1.85 bits per heavy atom. The molecule has 8 nitrogen and oxygen atoms in total. The highest BCUT2D eigenvalue weighted by molar-refractivity contribution is 6.33. The first-order valence-electron chi connectivity index (χ1n) is 7.84. The molecule has 2 heterocycles. The number of aromatic nitrogens is 2. The monoisotopic (exact) mass is 377 g/mol. The van der Waals surface area contributed by atoms with Crippen molar-refractivity contribution in [1.82, 2.24) is 9.97 Å². The number of nitrogens with zero attached hydrogens (tertiary/aromatic N) is 3. The third-order valence-electron chi connectivity index (χ3n) is 3.70. The van der Waals surface area contributed by atoms with Gasteiger partial charge in [0.05, 0.1) is 37.1 Å². The van der Waals surface area contributed by atoms with E-state index in [2.05, 4.69) is 14.7 Å². The Bertz CT molecular complexity index is 807. The Labute approximate surface area is 154 Å². The standard InChI is InChI=1S/C17H16ClN3O5/c1-24-15(22)11-2-4-12(5-3-11)26-16(23)14-13(18)10-19-17(20-14)21-6-8-25-9-7-21/h2-5,10H,6-9H2,1H3. The zero-order valence-corrected chi connectivity index (χ0v) is 14.7. The van der Waals surface area contributed by atoms with Gasteiger partial charge in [-0.1, -0.05) is 11.6 Å². The molecule has 1 aliphatic rings. The molecule has 0 aliphatic carbocycles. The summed E-state index contributed by atoms with van der Waals surface area (Å²) in [5.74, 6) is -0.537. The van der Waals surface area contributed by atoms with E-state index in [-0.39, 0.29) is 16.5 Å². The summed E-state index contributed by atoms with van der Waals surface area (Å²) in [7, 11) is 1.29. The minimum atomic E-state index is -0.710. The first kappa shape index (κ1) is 18.1. The van der Waals surface area contributed by atoms with Gasteiger partial charge in [0.2, 0.25) is 5.95 Å². The molecular weight excluding hydrogens is 362 g/mol. The summed E-state index contributed by atoms with van der Waals surface area (Å²) in [6, 6.07) is 5.97. The second-order valence-corrected chi connectivity index (χ2v) is 5.78. The number of hydrogen-bond acceptors (Lipinski definition) is 8. The van der Waals surface area contributed by atoms with Crippen molar-refractivity contribution in [3.63, 3.8) is 0 Å². The smallest absolute Gasteiger partial charge is 0.364 e. The van der Waals surface area contributed by atoms with Gasteiger partial charge in [-0.25, -0.2) is 19.6 Å². The molecule has 1 saturated heterocycles. The van der Waals surface area contributed by atoms with Gasteiger partial charge in [-0.15, -0.1) is 0 Å². The molecule has 1 aliphatic heterocycles. The fraction of sp³-hybridized carbons (Fsp3) is 0.294. The summed E-state index contributed by atoms with van der Waals surface area (Å²) >= 11 is 6.05. The van der Waals surface area contributed by atoms with Gasteiger partial charge in [0.25, 0.3) is 0 Å². The number of hydrogen-bond donors (Lipinski definition) is 0. The second-order valence-electron chi connectivity index (χ2n) is 5.37. The average Bonchev–Trinajstić information content (AvgIpc) is 2.69. The van der Waals surface area contributed by atoms with Crippen LogP contribution in [0.3, 0.4) is 0 Å². The zero-order chi connectivity index (χ0) is 18.5. The van der Waals surface area contributed by atoms with Crippen LogP contribution in [0.5, 0.6) is 5.75 Å². The zero-order valence-electron chi connectivity index (χ0n) is 14.0. The van der Waals surface area contributed by atoms with Crippen molar-refractivity contribution >= 4 is 29.5 Å². The molecule has 0 spiro atoms. The van der Waals surface area contributed by atoms with E-state index in [9.17, 15) is 9.59 Å². The van der Waals surface area contributed by atoms with Gasteiger partial charge in [-0.3, -0.25) is 0 Å². The Kier molecular flexibility index (Phi) is 5.65. The lowest BCUT2D eigenvalue weighted by atomic mass is 10.2. The predicted octanol–water partition coefficient (Wildman–Crippen LogP) is 1.97. The van der Waals surface area contributed by atoms with Gasteiger partial charge in [0, 0.05) is 13.1 Å². The van der Waals surface area contributed by atoms with Crippen molar-refractivity contribution < 1.29 is 23.8 Å². The molecule has 0 radical (unpaired) electrons. The number of benzene rings is 1. The molecule has 136 valence electrons. The van der Waals surface area contributed by atoms with Gasteiger partial charge >= 0.3 is 11.9 Å². The van der Waals surface area contributed by atoms with Crippen LogP contribution < -0.4 is 9.64 Å². The van der Waals surface area contributed by atoms with Crippen LogP contribution in [0, 0.1) is 0 Å². The molecule has 9 heteroatoms. The van der Waals surface area contributed by atoms with E-state index >= 15 is 0 Å². The van der Waals surface area contributed by atoms with Gasteiger partial charge < -0.3 is 19.1 Å². The van der Waals surface area contributed by atoms with E-state index in [1.165, 1.54) is 37.6 Å². The predicted molar refractivity (Wildman–Crippen MR) is 92.8 cm³/mol. The largest absolute Gasteiger partial charge is 0.465 e. The fourth-order valence-electron chi connectivity index (χ4n) is 2.35. The Hall–Kier alpha value is -2.71. The number of carbonyl (C=O) groups is 2. The van der Waals surface area contributed by atoms with Gasteiger partial charge in [-0.05, 0) is 24.3 Å². The quantitative estimate of drug-likeness (QED) is 0.590. The molecule has 0 amide bonds. The highest BCUT2D eigenvalue weighted by atomic mass is 35.5. The molecule has 1 aromatic carbocycles. The third kappa shape index (κ3) is 4.09. The SMILES string of the molecule is COC(=O)c1ccc(OC(=O)c2nc(N3CCOCC3)ncc2Cl)cc1. The Morgan fingerprint density at radius 1 is 1.15 bits per heavy atom. The van der Waals surface area contributed by atoms with Crippen LogP contribution in [0.4, 0.5) is 5.95 Å². The molecule has 0 saturated carbocycles. The topological polar surface area (TPSA) is 90.9 Å². The number of morpholine rings is 1. The molecule has 0 N–H and O–H groups in total. The lowest BCUT2D eigenvalue weighted by Gasteiger charge is -2.26. The Morgan fingerprint density at radius 3 is 2.50 bits per heavy atom. The number of esters is 2. The maximum absolute atomic E-state index is 12.4. The van der Waals surface area contributed by atoms with E-state index in [1.54, 1.807) is 0 Å². The molecule has 0 atom stereocenters. The van der Waals surface area contributed by atoms with Crippen molar-refractivity contribution in [3.8, 4) is 5.75 Å². The molecule has 3 rings (SSSR count). The van der Waals surface area contributed by atoms with E-state index in [0.29, 0.717) is 37.8 Å². The van der Waals surface area contributed by atoms with E-state index < -0.39 is 11.9 Å². The first-order chi connectivity index (χ1) is 12.6. The van der Waals surface area contributed by atoms with Crippen LogP contribution >= 0.6 is 11.6 Å². The van der Waals surface area contributed by atoms with Crippen molar-refractivity contribution in [3.05, 3.63) is 46.7 Å². The number of anilines is 1. The summed E-state index contributed by atoms with van der Waals surface area (Å²) in [5, 5.41) is 0.0955. The fourth-order valence-corrected chi connectivity index (χ4v) is 2.52. The summed E-state index contributed by atoms with van der Waals surface area (Å²) in [6.07, 6.45) is 1.37. The number of carbonyl (C=O) groups excluding carboxylic acids is 2. The molecule has 0 unspecified atom stereocenters. The van der Waals surface area contributed by atoms with Gasteiger partial charge in [0.1, 0.15) is 5.75 Å². The number of halogens is 1. The van der Waals surface area contributed by atoms with E-state index in [4.69, 9.17) is 21.1 Å². The highest BCUT2D eigenvalue weighted by Crippen LogP contribution is 2.20. The van der Waals surface area contributed by atoms with Gasteiger partial charge in [0.15, 0.2) is 5.69 Å². The van der Waals surface area contributed by atoms with E-state index in [0.717, 1.165) is 0 Å². The third-order valence-corrected chi connectivity index (χ3v) is 3.98. The maximum atomic E-state index is 12.4. The lowest BCUT2D eigenvalue weighted by molar-refractivity contribution is 0.0600. The number of methoxy groups -OCH3 is 1. The summed E-state index contributed by atoms with van der Waals surface area (Å²) < 4.78 is 15.2. The summed E-state index contributed by atoms with van der Waals surface area (Å²) in [6.45, 7) is 2.40. The average molecular weight is 378 g/mol. The Balaban J connectivity index is 1.75. The molecule has 26 heavy (non-hydrogen) atoms. The van der Waals surface area contributed by atoms with Crippen molar-refractivity contribution in [2.45, 2.75) is 0 Å². The first-order valence-corrected chi connectivity index (χ1v) is 8.22. The molecule has 0 bridgehead atoms. The molecule has 2 aromatic rings. The van der Waals surface area contributed by atoms with Crippen LogP contribution in [0.1, 0.15) is 20.8 Å². The van der Waals surface area contributed by atoms with Crippen LogP contribution in [0.2, 0.25) is 5.02 Å². The normalized spacial score (nSPS) is 14.0. The lowest BCUT2D eigenvalue weighted by Crippen LogP contribution is -2.37. The van der Waals surface area contributed by atoms with Crippen LogP contribution in [-0.2, 0) is 9.47 Å². The van der Waals surface area contributed by atoms with Crippen LogP contribution in [0.25, 0.3) is 0 Å².